The van der Waals surface area contributed by atoms with Crippen molar-refractivity contribution in [2.75, 3.05) is 0 Å². The number of aromatic nitrogens is 1. The molecule has 1 aliphatic carbocycles. The van der Waals surface area contributed by atoms with Crippen LogP contribution >= 0.6 is 0 Å². The lowest BCUT2D eigenvalue weighted by Gasteiger charge is -2.14. The Morgan fingerprint density at radius 2 is 1.45 bits per heavy atom. The van der Waals surface area contributed by atoms with E-state index in [1.54, 1.807) is 24.4 Å². The summed E-state index contributed by atoms with van der Waals surface area (Å²) >= 11 is 0. The molecule has 1 heterocycles. The lowest BCUT2D eigenvalue weighted by molar-refractivity contribution is 0.0467. The van der Waals surface area contributed by atoms with E-state index in [0.29, 0.717) is 11.4 Å². The molecule has 4 nitrogen and oxygen atoms in total. The van der Waals surface area contributed by atoms with E-state index in [9.17, 15) is 18.0 Å². The summed E-state index contributed by atoms with van der Waals surface area (Å²) in [6.45, 7) is 0.134. The van der Waals surface area contributed by atoms with E-state index in [2.05, 4.69) is 4.98 Å². The number of carbonyl (C=O) groups excluding carboxylic acids is 1. The highest BCUT2D eigenvalue weighted by atomic mass is 19.1. The van der Waals surface area contributed by atoms with Crippen molar-refractivity contribution in [1.82, 2.24) is 4.98 Å². The molecule has 1 aliphatic rings. The highest BCUT2D eigenvalue weighted by Crippen LogP contribution is 2.42. The Hall–Kier alpha value is -4.39. The second kappa shape index (κ2) is 11.3. The van der Waals surface area contributed by atoms with E-state index in [-0.39, 0.29) is 24.6 Å². The third kappa shape index (κ3) is 5.78. The summed E-state index contributed by atoms with van der Waals surface area (Å²) in [5.41, 5.74) is 4.80. The maximum atomic E-state index is 14.6. The van der Waals surface area contributed by atoms with Crippen LogP contribution in [0.25, 0.3) is 11.1 Å². The Balaban J connectivity index is 1.39. The molecule has 7 heteroatoms. The lowest BCUT2D eigenvalue weighted by atomic mass is 9.96. The average molecular weight is 516 g/mol. The molecule has 4 aromatic rings. The SMILES string of the molecule is O=C(OCc1ccc(F)cc1)c1cc(C2=C(c3cccnc3OCc3ccc(F)cc3)CCC2)ccc1F. The average Bonchev–Trinajstić information content (AvgIpc) is 3.42. The van der Waals surface area contributed by atoms with Crippen LogP contribution in [0.2, 0.25) is 0 Å². The van der Waals surface area contributed by atoms with Gasteiger partial charge in [-0.1, -0.05) is 30.3 Å². The molecule has 0 unspecified atom stereocenters. The van der Waals surface area contributed by atoms with Crippen molar-refractivity contribution in [3.63, 3.8) is 0 Å². The first-order valence-corrected chi connectivity index (χ1v) is 12.2. The molecular formula is C31H24F3NO3. The molecular weight excluding hydrogens is 491 g/mol. The van der Waals surface area contributed by atoms with Crippen molar-refractivity contribution in [2.45, 2.75) is 32.5 Å². The molecule has 0 radical (unpaired) electrons. The number of nitrogens with zero attached hydrogens (tertiary/aromatic N) is 1. The first-order valence-electron chi connectivity index (χ1n) is 12.2. The molecule has 0 atom stereocenters. The van der Waals surface area contributed by atoms with Crippen LogP contribution in [0.15, 0.2) is 85.1 Å². The molecule has 0 saturated heterocycles. The summed E-state index contributed by atoms with van der Waals surface area (Å²) in [5.74, 6) is -1.73. The van der Waals surface area contributed by atoms with Gasteiger partial charge in [0.2, 0.25) is 5.88 Å². The predicted molar refractivity (Wildman–Crippen MR) is 138 cm³/mol. The number of esters is 1. The largest absolute Gasteiger partial charge is 0.472 e. The quantitative estimate of drug-likeness (QED) is 0.228. The summed E-state index contributed by atoms with van der Waals surface area (Å²) in [6, 6.07) is 19.8. The Bertz CT molecular complexity index is 1480. The number of ether oxygens (including phenoxy) is 2. The van der Waals surface area contributed by atoms with Gasteiger partial charge in [0.1, 0.15) is 30.7 Å². The van der Waals surface area contributed by atoms with Crippen LogP contribution in [-0.2, 0) is 18.0 Å². The van der Waals surface area contributed by atoms with Gasteiger partial charge in [-0.05, 0) is 95.6 Å². The van der Waals surface area contributed by atoms with E-state index in [1.807, 2.05) is 12.1 Å². The normalized spacial score (nSPS) is 13.0. The Kier molecular flexibility index (Phi) is 7.54. The summed E-state index contributed by atoms with van der Waals surface area (Å²) in [4.78, 5) is 17.1. The van der Waals surface area contributed by atoms with Gasteiger partial charge in [-0.3, -0.25) is 0 Å². The topological polar surface area (TPSA) is 48.4 Å². The number of hydrogen-bond donors (Lipinski definition) is 0. The van der Waals surface area contributed by atoms with Crippen molar-refractivity contribution >= 4 is 17.1 Å². The third-order valence-electron chi connectivity index (χ3n) is 6.42. The maximum absolute atomic E-state index is 14.6. The lowest BCUT2D eigenvalue weighted by Crippen LogP contribution is -2.08. The Morgan fingerprint density at radius 1 is 0.789 bits per heavy atom. The van der Waals surface area contributed by atoms with Gasteiger partial charge in [-0.15, -0.1) is 0 Å². The minimum Gasteiger partial charge on any atom is -0.472 e. The monoisotopic (exact) mass is 515 g/mol. The summed E-state index contributed by atoms with van der Waals surface area (Å²) in [7, 11) is 0. The molecule has 0 amide bonds. The van der Waals surface area contributed by atoms with Gasteiger partial charge in [0.25, 0.3) is 0 Å². The van der Waals surface area contributed by atoms with Crippen molar-refractivity contribution in [2.24, 2.45) is 0 Å². The number of pyridine rings is 1. The van der Waals surface area contributed by atoms with Crippen LogP contribution in [0.1, 0.15) is 51.9 Å². The second-order valence-electron chi connectivity index (χ2n) is 8.98. The zero-order chi connectivity index (χ0) is 26.5. The molecule has 0 N–H and O–H groups in total. The molecule has 0 bridgehead atoms. The Labute approximate surface area is 218 Å². The predicted octanol–water partition coefficient (Wildman–Crippen LogP) is 7.53. The van der Waals surface area contributed by atoms with Crippen LogP contribution in [0.3, 0.4) is 0 Å². The number of allylic oxidation sites excluding steroid dienone is 2. The van der Waals surface area contributed by atoms with Crippen molar-refractivity contribution < 1.29 is 27.4 Å². The molecule has 0 aliphatic heterocycles. The highest BCUT2D eigenvalue weighted by Gasteiger charge is 2.23. The van der Waals surface area contributed by atoms with Crippen molar-refractivity contribution in [3.8, 4) is 5.88 Å². The first-order chi connectivity index (χ1) is 18.5. The minimum absolute atomic E-state index is 0.0961. The van der Waals surface area contributed by atoms with Gasteiger partial charge in [-0.25, -0.2) is 22.9 Å². The summed E-state index contributed by atoms with van der Waals surface area (Å²) < 4.78 is 52.3. The maximum Gasteiger partial charge on any atom is 0.341 e. The molecule has 0 fully saturated rings. The van der Waals surface area contributed by atoms with Crippen molar-refractivity contribution in [1.29, 1.82) is 0 Å². The number of hydrogen-bond acceptors (Lipinski definition) is 4. The smallest absolute Gasteiger partial charge is 0.341 e. The van der Waals surface area contributed by atoms with E-state index in [1.165, 1.54) is 48.5 Å². The zero-order valence-corrected chi connectivity index (χ0v) is 20.4. The molecule has 3 aromatic carbocycles. The number of halogens is 3. The highest BCUT2D eigenvalue weighted by molar-refractivity contribution is 5.96. The van der Waals surface area contributed by atoms with Gasteiger partial charge < -0.3 is 9.47 Å². The van der Waals surface area contributed by atoms with Crippen molar-refractivity contribution in [3.05, 3.63) is 130 Å². The van der Waals surface area contributed by atoms with E-state index in [4.69, 9.17) is 9.47 Å². The fourth-order valence-corrected chi connectivity index (χ4v) is 4.50. The molecule has 38 heavy (non-hydrogen) atoms. The standard InChI is InChI=1S/C31H24F3NO3/c32-23-11-6-20(7-12-23)18-37-30-27(5-2-16-35-30)26-4-1-3-25(26)22-10-15-29(34)28(17-22)31(36)38-19-21-8-13-24(33)14-9-21/h2,5-17H,1,3-4,18-19H2. The fraction of sp³-hybridized carbons (Fsp3) is 0.161. The van der Waals surface area contributed by atoms with E-state index >= 15 is 0 Å². The molecule has 192 valence electrons. The van der Waals surface area contributed by atoms with Crippen LogP contribution in [0, 0.1) is 17.5 Å². The van der Waals surface area contributed by atoms with Crippen LogP contribution in [0.5, 0.6) is 5.88 Å². The van der Waals surface area contributed by atoms with Crippen LogP contribution in [0.4, 0.5) is 13.2 Å². The fourth-order valence-electron chi connectivity index (χ4n) is 4.50. The van der Waals surface area contributed by atoms with Gasteiger partial charge in [-0.2, -0.15) is 0 Å². The number of rotatable bonds is 8. The first kappa shape index (κ1) is 25.3. The van der Waals surface area contributed by atoms with Gasteiger partial charge in [0.15, 0.2) is 0 Å². The van der Waals surface area contributed by atoms with Crippen LogP contribution in [-0.4, -0.2) is 11.0 Å². The summed E-state index contributed by atoms with van der Waals surface area (Å²) in [5, 5.41) is 0. The van der Waals surface area contributed by atoms with E-state index in [0.717, 1.165) is 47.1 Å². The number of benzene rings is 3. The van der Waals surface area contributed by atoms with Gasteiger partial charge in [0.05, 0.1) is 5.56 Å². The number of carbonyl (C=O) groups is 1. The molecule has 1 aromatic heterocycles. The summed E-state index contributed by atoms with van der Waals surface area (Å²) in [6.07, 6.45) is 4.05. The zero-order valence-electron chi connectivity index (χ0n) is 20.4. The van der Waals surface area contributed by atoms with E-state index < -0.39 is 17.6 Å². The van der Waals surface area contributed by atoms with Gasteiger partial charge >= 0.3 is 5.97 Å². The second-order valence-corrected chi connectivity index (χ2v) is 8.98. The van der Waals surface area contributed by atoms with Crippen LogP contribution < -0.4 is 4.74 Å². The van der Waals surface area contributed by atoms with Gasteiger partial charge in [0, 0.05) is 11.8 Å². The third-order valence-corrected chi connectivity index (χ3v) is 6.42. The molecule has 0 spiro atoms. The minimum atomic E-state index is -0.793. The molecule has 5 rings (SSSR count). The molecule has 0 saturated carbocycles. The Morgan fingerprint density at radius 3 is 2.16 bits per heavy atom.